The van der Waals surface area contributed by atoms with Crippen LogP contribution < -0.4 is 5.32 Å². The van der Waals surface area contributed by atoms with Gasteiger partial charge in [-0.1, -0.05) is 80.0 Å². The summed E-state index contributed by atoms with van der Waals surface area (Å²) in [5.41, 5.74) is 5.61. The smallest absolute Gasteiger partial charge is 0.224 e. The summed E-state index contributed by atoms with van der Waals surface area (Å²) >= 11 is 6.17. The molecule has 3 aromatic carbocycles. The van der Waals surface area contributed by atoms with Gasteiger partial charge in [-0.2, -0.15) is 0 Å². The zero-order valence-electron chi connectivity index (χ0n) is 19.2. The molecule has 1 aromatic heterocycles. The Balaban J connectivity index is 1.40. The molecule has 4 aromatic rings. The number of para-hydroxylation sites is 2. The number of aryl methyl sites for hydroxylation is 1. The van der Waals surface area contributed by atoms with Crippen LogP contribution in [0.15, 0.2) is 72.8 Å². The molecular formula is C28H30ClN3O. The maximum Gasteiger partial charge on any atom is 0.224 e. The molecule has 0 atom stereocenters. The van der Waals surface area contributed by atoms with Gasteiger partial charge in [-0.3, -0.25) is 4.79 Å². The van der Waals surface area contributed by atoms with Gasteiger partial charge in [0.1, 0.15) is 5.82 Å². The second-order valence-electron chi connectivity index (χ2n) is 8.72. The molecule has 0 spiro atoms. The minimum Gasteiger partial charge on any atom is -0.356 e. The molecule has 0 saturated carbocycles. The Hall–Kier alpha value is -3.11. The van der Waals surface area contributed by atoms with Crippen molar-refractivity contribution in [1.29, 1.82) is 0 Å². The van der Waals surface area contributed by atoms with Crippen molar-refractivity contribution in [2.24, 2.45) is 0 Å². The van der Waals surface area contributed by atoms with Crippen molar-refractivity contribution in [3.8, 4) is 0 Å². The number of imidazole rings is 1. The lowest BCUT2D eigenvalue weighted by atomic mass is 10.0. The van der Waals surface area contributed by atoms with Crippen molar-refractivity contribution < 1.29 is 4.79 Å². The predicted molar refractivity (Wildman–Crippen MR) is 136 cm³/mol. The predicted octanol–water partition coefficient (Wildman–Crippen LogP) is 6.15. The van der Waals surface area contributed by atoms with E-state index in [4.69, 9.17) is 16.6 Å². The van der Waals surface area contributed by atoms with Crippen LogP contribution in [0.1, 0.15) is 48.7 Å². The molecule has 4 rings (SSSR count). The van der Waals surface area contributed by atoms with E-state index < -0.39 is 0 Å². The number of benzene rings is 3. The van der Waals surface area contributed by atoms with E-state index in [9.17, 15) is 4.79 Å². The van der Waals surface area contributed by atoms with E-state index in [2.05, 4.69) is 66.2 Å². The summed E-state index contributed by atoms with van der Waals surface area (Å²) in [5, 5.41) is 3.64. The molecule has 0 aliphatic heterocycles. The summed E-state index contributed by atoms with van der Waals surface area (Å²) < 4.78 is 2.30. The molecule has 0 aliphatic carbocycles. The first-order valence-electron chi connectivity index (χ1n) is 11.5. The molecule has 33 heavy (non-hydrogen) atoms. The number of carbonyl (C=O) groups excluding carboxylic acids is 1. The van der Waals surface area contributed by atoms with Gasteiger partial charge in [0.05, 0.1) is 17.5 Å². The summed E-state index contributed by atoms with van der Waals surface area (Å²) in [5.74, 6) is 1.56. The fourth-order valence-corrected chi connectivity index (χ4v) is 4.24. The number of hydrogen-bond acceptors (Lipinski definition) is 2. The average molecular weight is 460 g/mol. The van der Waals surface area contributed by atoms with Gasteiger partial charge in [0, 0.05) is 24.5 Å². The van der Waals surface area contributed by atoms with E-state index in [0.29, 0.717) is 23.9 Å². The lowest BCUT2D eigenvalue weighted by molar-refractivity contribution is -0.120. The Morgan fingerprint density at radius 1 is 1.00 bits per heavy atom. The van der Waals surface area contributed by atoms with Crippen molar-refractivity contribution in [2.75, 3.05) is 6.54 Å². The highest BCUT2D eigenvalue weighted by atomic mass is 35.5. The van der Waals surface area contributed by atoms with Crippen LogP contribution in [0.5, 0.6) is 0 Å². The van der Waals surface area contributed by atoms with Crippen molar-refractivity contribution in [3.05, 3.63) is 100 Å². The van der Waals surface area contributed by atoms with Crippen LogP contribution in [0.4, 0.5) is 0 Å². The van der Waals surface area contributed by atoms with Gasteiger partial charge in [0.15, 0.2) is 0 Å². The lowest BCUT2D eigenvalue weighted by Crippen LogP contribution is -2.26. The number of nitrogens with one attached hydrogen (secondary N) is 1. The summed E-state index contributed by atoms with van der Waals surface area (Å²) in [6.07, 6.45) is 1.92. The molecule has 0 bridgehead atoms. The monoisotopic (exact) mass is 459 g/mol. The van der Waals surface area contributed by atoms with Gasteiger partial charge >= 0.3 is 0 Å². The first kappa shape index (κ1) is 23.1. The van der Waals surface area contributed by atoms with Gasteiger partial charge in [0.25, 0.3) is 0 Å². The number of nitrogens with zero attached hydrogens (tertiary/aromatic N) is 2. The maximum absolute atomic E-state index is 12.3. The topological polar surface area (TPSA) is 46.9 Å². The van der Waals surface area contributed by atoms with E-state index in [1.165, 1.54) is 11.1 Å². The molecule has 0 aliphatic rings. The van der Waals surface area contributed by atoms with E-state index in [1.807, 2.05) is 30.3 Å². The third kappa shape index (κ3) is 5.82. The summed E-state index contributed by atoms with van der Waals surface area (Å²) in [7, 11) is 0. The summed E-state index contributed by atoms with van der Waals surface area (Å²) in [6, 6.07) is 24.6. The van der Waals surface area contributed by atoms with Crippen LogP contribution in [0.3, 0.4) is 0 Å². The molecule has 0 saturated heterocycles. The first-order chi connectivity index (χ1) is 16.0. The molecule has 1 N–H and O–H groups in total. The number of amides is 1. The van der Waals surface area contributed by atoms with E-state index >= 15 is 0 Å². The number of carbonyl (C=O) groups is 1. The van der Waals surface area contributed by atoms with E-state index in [1.54, 1.807) is 0 Å². The third-order valence-electron chi connectivity index (χ3n) is 5.93. The second-order valence-corrected chi connectivity index (χ2v) is 9.13. The first-order valence-corrected chi connectivity index (χ1v) is 11.9. The Morgan fingerprint density at radius 3 is 2.48 bits per heavy atom. The summed E-state index contributed by atoms with van der Waals surface area (Å²) in [6.45, 7) is 5.82. The number of hydrogen-bond donors (Lipinski definition) is 1. The normalized spacial score (nSPS) is 11.3. The minimum atomic E-state index is -0.0122. The third-order valence-corrected chi connectivity index (χ3v) is 6.30. The van der Waals surface area contributed by atoms with Gasteiger partial charge in [0.2, 0.25) is 5.91 Å². The van der Waals surface area contributed by atoms with Crippen molar-refractivity contribution in [3.63, 3.8) is 0 Å². The van der Waals surface area contributed by atoms with E-state index in [0.717, 1.165) is 41.8 Å². The molecule has 5 heteroatoms. The van der Waals surface area contributed by atoms with Crippen LogP contribution in [0, 0.1) is 0 Å². The molecule has 0 radical (unpaired) electrons. The highest BCUT2D eigenvalue weighted by molar-refractivity contribution is 6.31. The van der Waals surface area contributed by atoms with E-state index in [-0.39, 0.29) is 5.91 Å². The minimum absolute atomic E-state index is 0.0122. The Labute approximate surface area is 200 Å². The van der Waals surface area contributed by atoms with Crippen molar-refractivity contribution in [1.82, 2.24) is 14.9 Å². The largest absolute Gasteiger partial charge is 0.356 e. The Kier molecular flexibility index (Phi) is 7.46. The van der Waals surface area contributed by atoms with Crippen LogP contribution in [-0.4, -0.2) is 22.0 Å². The Bertz CT molecular complexity index is 1230. The van der Waals surface area contributed by atoms with Gasteiger partial charge in [-0.25, -0.2) is 4.98 Å². The molecule has 1 amide bonds. The number of fused-ring (bicyclic) bond motifs is 1. The molecular weight excluding hydrogens is 430 g/mol. The zero-order chi connectivity index (χ0) is 23.2. The quantitative estimate of drug-likeness (QED) is 0.305. The maximum atomic E-state index is 12.3. The van der Waals surface area contributed by atoms with Gasteiger partial charge < -0.3 is 9.88 Å². The molecule has 0 unspecified atom stereocenters. The highest BCUT2D eigenvalue weighted by Gasteiger charge is 2.12. The fraction of sp³-hybridized carbons (Fsp3) is 0.286. The second kappa shape index (κ2) is 10.7. The van der Waals surface area contributed by atoms with Crippen LogP contribution in [0.25, 0.3) is 11.0 Å². The van der Waals surface area contributed by atoms with Crippen molar-refractivity contribution >= 4 is 28.5 Å². The van der Waals surface area contributed by atoms with Crippen molar-refractivity contribution in [2.45, 2.75) is 45.6 Å². The highest BCUT2D eigenvalue weighted by Crippen LogP contribution is 2.21. The number of aromatic nitrogens is 2. The SMILES string of the molecule is CC(C)c1ccc(Cn2c(CCCNC(=O)Cc3ccccc3Cl)nc3ccccc32)cc1. The van der Waals surface area contributed by atoms with Crippen LogP contribution in [0.2, 0.25) is 5.02 Å². The zero-order valence-corrected chi connectivity index (χ0v) is 20.0. The van der Waals surface area contributed by atoms with Gasteiger partial charge in [-0.15, -0.1) is 0 Å². The fourth-order valence-electron chi connectivity index (χ4n) is 4.03. The van der Waals surface area contributed by atoms with Gasteiger partial charge in [-0.05, 0) is 47.2 Å². The molecule has 170 valence electrons. The van der Waals surface area contributed by atoms with Crippen LogP contribution >= 0.6 is 11.6 Å². The molecule has 4 nitrogen and oxygen atoms in total. The molecule has 0 fully saturated rings. The number of rotatable bonds is 9. The van der Waals surface area contributed by atoms with Crippen LogP contribution in [-0.2, 0) is 24.2 Å². The standard InChI is InChI=1S/C28H30ClN3O/c1-20(2)22-15-13-21(14-16-22)19-32-26-11-6-5-10-25(26)31-27(32)12-7-17-30-28(33)18-23-8-3-4-9-24(23)29/h3-6,8-11,13-16,20H,7,12,17-19H2,1-2H3,(H,30,33). The molecule has 1 heterocycles. The average Bonchev–Trinajstić information content (AvgIpc) is 3.16. The lowest BCUT2D eigenvalue weighted by Gasteiger charge is -2.12. The number of halogens is 1. The summed E-state index contributed by atoms with van der Waals surface area (Å²) in [4.78, 5) is 17.2. The Morgan fingerprint density at radius 2 is 1.73 bits per heavy atom.